The fraction of sp³-hybridized carbons (Fsp3) is 0.400. The van der Waals surface area contributed by atoms with Gasteiger partial charge in [0.1, 0.15) is 12.3 Å². The summed E-state index contributed by atoms with van der Waals surface area (Å²) >= 11 is 1.31. The number of amides is 1. The maximum Gasteiger partial charge on any atom is 0.325 e. The highest BCUT2D eigenvalue weighted by Crippen LogP contribution is 2.23. The van der Waals surface area contributed by atoms with Gasteiger partial charge in [-0.2, -0.15) is 10.1 Å². The molecule has 29 heavy (non-hydrogen) atoms. The van der Waals surface area contributed by atoms with Crippen molar-refractivity contribution in [2.24, 2.45) is 4.99 Å². The lowest BCUT2D eigenvalue weighted by atomic mass is 10.3. The van der Waals surface area contributed by atoms with Crippen LogP contribution in [0.2, 0.25) is 0 Å². The van der Waals surface area contributed by atoms with Crippen LogP contribution in [0.3, 0.4) is 0 Å². The molecule has 8 nitrogen and oxygen atoms in total. The Bertz CT molecular complexity index is 1120. The second kappa shape index (κ2) is 8.60. The molecule has 3 rings (SSSR count). The number of fused-ring (bicyclic) bond motifs is 1. The normalized spacial score (nSPS) is 12.0. The van der Waals surface area contributed by atoms with Gasteiger partial charge in [0, 0.05) is 11.7 Å². The molecule has 2 aromatic heterocycles. The first kappa shape index (κ1) is 20.8. The quantitative estimate of drug-likeness (QED) is 0.576. The molecule has 0 unspecified atom stereocenters. The first-order valence-corrected chi connectivity index (χ1v) is 10.1. The lowest BCUT2D eigenvalue weighted by molar-refractivity contribution is -0.141. The van der Waals surface area contributed by atoms with Crippen LogP contribution in [0.25, 0.3) is 10.2 Å². The molecule has 1 amide bonds. The molecule has 0 saturated carbocycles. The minimum atomic E-state index is -0.456. The number of thiazole rings is 1. The molecule has 0 fully saturated rings. The Kier molecular flexibility index (Phi) is 6.17. The highest BCUT2D eigenvalue weighted by atomic mass is 32.1. The van der Waals surface area contributed by atoms with Crippen molar-refractivity contribution in [2.45, 2.75) is 40.3 Å². The minimum Gasteiger partial charge on any atom is -0.494 e. The third kappa shape index (κ3) is 4.40. The third-order valence-corrected chi connectivity index (χ3v) is 5.35. The van der Waals surface area contributed by atoms with Gasteiger partial charge in [0.25, 0.3) is 5.91 Å². The summed E-state index contributed by atoms with van der Waals surface area (Å²) < 4.78 is 14.7. The van der Waals surface area contributed by atoms with E-state index in [2.05, 4.69) is 10.1 Å². The van der Waals surface area contributed by atoms with Gasteiger partial charge in [-0.3, -0.25) is 14.3 Å². The number of carbonyl (C=O) groups is 2. The van der Waals surface area contributed by atoms with Gasteiger partial charge in [0.2, 0.25) is 0 Å². The van der Waals surface area contributed by atoms with Crippen molar-refractivity contribution in [1.82, 2.24) is 14.3 Å². The van der Waals surface area contributed by atoms with Crippen LogP contribution >= 0.6 is 11.3 Å². The van der Waals surface area contributed by atoms with Crippen LogP contribution in [0.5, 0.6) is 5.75 Å². The van der Waals surface area contributed by atoms with E-state index >= 15 is 0 Å². The topological polar surface area (TPSA) is 87.7 Å². The van der Waals surface area contributed by atoms with Gasteiger partial charge in [0.05, 0.1) is 23.9 Å². The Morgan fingerprint density at radius 2 is 2.03 bits per heavy atom. The Morgan fingerprint density at radius 3 is 2.66 bits per heavy atom. The van der Waals surface area contributed by atoms with E-state index in [1.54, 1.807) is 15.3 Å². The van der Waals surface area contributed by atoms with Crippen molar-refractivity contribution >= 4 is 33.4 Å². The van der Waals surface area contributed by atoms with E-state index in [4.69, 9.17) is 9.47 Å². The summed E-state index contributed by atoms with van der Waals surface area (Å²) in [4.78, 5) is 29.3. The standard InChI is InChI=1S/C20H24N4O4S/c1-6-28-14-7-8-16-17(10-14)29-20(23(16)11-18(25)27-5)21-19(26)15-9-13(4)24(22-15)12(2)3/h7-10,12H,6,11H2,1-5H3. The van der Waals surface area contributed by atoms with Crippen molar-refractivity contribution in [3.8, 4) is 5.75 Å². The summed E-state index contributed by atoms with van der Waals surface area (Å²) in [5.41, 5.74) is 1.94. The van der Waals surface area contributed by atoms with Gasteiger partial charge < -0.3 is 14.0 Å². The van der Waals surface area contributed by atoms with E-state index in [9.17, 15) is 9.59 Å². The molecule has 0 saturated heterocycles. The minimum absolute atomic E-state index is 0.0456. The van der Waals surface area contributed by atoms with E-state index in [1.807, 2.05) is 45.9 Å². The fourth-order valence-corrected chi connectivity index (χ4v) is 4.06. The molecular weight excluding hydrogens is 392 g/mol. The van der Waals surface area contributed by atoms with Gasteiger partial charge in [0.15, 0.2) is 10.5 Å². The van der Waals surface area contributed by atoms with Crippen molar-refractivity contribution in [2.75, 3.05) is 13.7 Å². The van der Waals surface area contributed by atoms with Crippen LogP contribution in [0.15, 0.2) is 29.3 Å². The van der Waals surface area contributed by atoms with E-state index in [1.165, 1.54) is 18.4 Å². The molecule has 0 atom stereocenters. The molecule has 0 radical (unpaired) electrons. The number of hydrogen-bond acceptors (Lipinski definition) is 6. The van der Waals surface area contributed by atoms with Crippen molar-refractivity contribution in [1.29, 1.82) is 0 Å². The van der Waals surface area contributed by atoms with Gasteiger partial charge >= 0.3 is 5.97 Å². The Balaban J connectivity index is 2.10. The predicted octanol–water partition coefficient (Wildman–Crippen LogP) is 3.10. The van der Waals surface area contributed by atoms with Gasteiger partial charge in [-0.1, -0.05) is 11.3 Å². The lowest BCUT2D eigenvalue weighted by Gasteiger charge is -2.06. The first-order valence-electron chi connectivity index (χ1n) is 9.32. The highest BCUT2D eigenvalue weighted by molar-refractivity contribution is 7.16. The van der Waals surface area contributed by atoms with Crippen LogP contribution < -0.4 is 9.54 Å². The van der Waals surface area contributed by atoms with E-state index < -0.39 is 11.9 Å². The molecule has 0 spiro atoms. The number of methoxy groups -OCH3 is 1. The molecule has 1 aromatic carbocycles. The monoisotopic (exact) mass is 416 g/mol. The molecule has 0 aliphatic rings. The molecular formula is C20H24N4O4S. The van der Waals surface area contributed by atoms with Gasteiger partial charge in [-0.15, -0.1) is 0 Å². The molecule has 154 valence electrons. The average Bonchev–Trinajstić information content (AvgIpc) is 3.22. The SMILES string of the molecule is CCOc1ccc2c(c1)sc(=NC(=O)c1cc(C)n(C(C)C)n1)n2CC(=O)OC. The highest BCUT2D eigenvalue weighted by Gasteiger charge is 2.16. The maximum absolute atomic E-state index is 12.8. The number of nitrogens with zero attached hydrogens (tertiary/aromatic N) is 4. The van der Waals surface area contributed by atoms with Crippen molar-refractivity contribution < 1.29 is 19.1 Å². The molecule has 0 N–H and O–H groups in total. The third-order valence-electron chi connectivity index (χ3n) is 4.31. The predicted molar refractivity (Wildman–Crippen MR) is 110 cm³/mol. The molecule has 3 aromatic rings. The summed E-state index contributed by atoms with van der Waals surface area (Å²) in [5, 5.41) is 4.36. The summed E-state index contributed by atoms with van der Waals surface area (Å²) in [6.45, 7) is 8.31. The number of carbonyl (C=O) groups excluding carboxylic acids is 2. The fourth-order valence-electron chi connectivity index (χ4n) is 3.00. The molecule has 0 bridgehead atoms. The van der Waals surface area contributed by atoms with Gasteiger partial charge in [-0.25, -0.2) is 0 Å². The number of ether oxygens (including phenoxy) is 2. The number of benzene rings is 1. The molecule has 9 heteroatoms. The zero-order valence-electron chi connectivity index (χ0n) is 17.1. The van der Waals surface area contributed by atoms with Crippen LogP contribution in [-0.2, 0) is 16.1 Å². The second-order valence-electron chi connectivity index (χ2n) is 6.74. The number of aryl methyl sites for hydroxylation is 1. The summed E-state index contributed by atoms with van der Waals surface area (Å²) in [5.74, 6) is -0.161. The Labute approximate surface area is 172 Å². The number of aromatic nitrogens is 3. The molecule has 0 aliphatic heterocycles. The zero-order valence-corrected chi connectivity index (χ0v) is 17.9. The Morgan fingerprint density at radius 1 is 1.28 bits per heavy atom. The Hall–Kier alpha value is -2.94. The van der Waals surface area contributed by atoms with E-state index in [-0.39, 0.29) is 18.3 Å². The van der Waals surface area contributed by atoms with Crippen LogP contribution in [-0.4, -0.2) is 39.9 Å². The summed E-state index contributed by atoms with van der Waals surface area (Å²) in [6, 6.07) is 7.41. The summed E-state index contributed by atoms with van der Waals surface area (Å²) in [6.07, 6.45) is 0. The number of hydrogen-bond donors (Lipinski definition) is 0. The van der Waals surface area contributed by atoms with E-state index in [0.29, 0.717) is 11.4 Å². The molecule has 0 aliphatic carbocycles. The lowest BCUT2D eigenvalue weighted by Crippen LogP contribution is -2.22. The van der Waals surface area contributed by atoms with Crippen molar-refractivity contribution in [3.05, 3.63) is 40.5 Å². The van der Waals surface area contributed by atoms with Crippen LogP contribution in [0, 0.1) is 6.92 Å². The van der Waals surface area contributed by atoms with Crippen LogP contribution in [0.1, 0.15) is 43.0 Å². The molecule has 2 heterocycles. The smallest absolute Gasteiger partial charge is 0.325 e. The van der Waals surface area contributed by atoms with E-state index in [0.717, 1.165) is 21.7 Å². The maximum atomic E-state index is 12.8. The van der Waals surface area contributed by atoms with Crippen molar-refractivity contribution in [3.63, 3.8) is 0 Å². The second-order valence-corrected chi connectivity index (χ2v) is 7.74. The largest absolute Gasteiger partial charge is 0.494 e. The number of esters is 1. The average molecular weight is 417 g/mol. The summed E-state index contributed by atoms with van der Waals surface area (Å²) in [7, 11) is 1.33. The zero-order chi connectivity index (χ0) is 21.1. The first-order chi connectivity index (χ1) is 13.8. The number of rotatable bonds is 6. The van der Waals surface area contributed by atoms with Crippen LogP contribution in [0.4, 0.5) is 0 Å². The van der Waals surface area contributed by atoms with Gasteiger partial charge in [-0.05, 0) is 52.0 Å².